The van der Waals surface area contributed by atoms with Crippen molar-refractivity contribution in [3.63, 3.8) is 0 Å². The van der Waals surface area contributed by atoms with Crippen LogP contribution >= 0.6 is 45.8 Å². The van der Waals surface area contributed by atoms with Crippen molar-refractivity contribution in [2.24, 2.45) is 0 Å². The van der Waals surface area contributed by atoms with Crippen LogP contribution in [0.25, 0.3) is 0 Å². The zero-order valence-corrected chi connectivity index (χ0v) is 12.4. The molecule has 1 aliphatic rings. The molecule has 16 heavy (non-hydrogen) atoms. The van der Waals surface area contributed by atoms with Gasteiger partial charge in [-0.05, 0) is 48.8 Å². The number of hydrogen-bond acceptors (Lipinski definition) is 3. The highest BCUT2D eigenvalue weighted by molar-refractivity contribution is 14.1. The normalized spacial score (nSPS) is 25.8. The van der Waals surface area contributed by atoms with E-state index in [1.807, 2.05) is 29.5 Å². The molecule has 1 aromatic rings. The number of aromatic nitrogens is 2. The molecule has 2 heterocycles. The van der Waals surface area contributed by atoms with Crippen LogP contribution in [0.2, 0.25) is 10.3 Å². The second kappa shape index (κ2) is 4.92. The van der Waals surface area contributed by atoms with Gasteiger partial charge in [-0.1, -0.05) is 23.2 Å². The number of hydrogen-bond donors (Lipinski definition) is 0. The lowest BCUT2D eigenvalue weighted by Crippen LogP contribution is -2.32. The Morgan fingerprint density at radius 3 is 2.38 bits per heavy atom. The predicted octanol–water partition coefficient (Wildman–Crippen LogP) is 3.80. The fourth-order valence-corrected chi connectivity index (χ4v) is 2.37. The van der Waals surface area contributed by atoms with E-state index in [-0.39, 0.29) is 0 Å². The Labute approximate surface area is 118 Å². The van der Waals surface area contributed by atoms with Crippen molar-refractivity contribution in [3.05, 3.63) is 19.7 Å². The molecular formula is C10H11Cl2IN2O. The first kappa shape index (κ1) is 12.8. The first-order chi connectivity index (χ1) is 7.53. The number of nitrogens with zero attached hydrogens (tertiary/aromatic N) is 2. The number of halogens is 3. The van der Waals surface area contributed by atoms with Crippen molar-refractivity contribution >= 4 is 45.8 Å². The molecule has 0 radical (unpaired) electrons. The molecule has 0 amide bonds. The summed E-state index contributed by atoms with van der Waals surface area (Å²) in [7, 11) is 0. The Hall–Kier alpha value is 0.350. The highest BCUT2D eigenvalue weighted by atomic mass is 127. The van der Waals surface area contributed by atoms with Crippen LogP contribution in [-0.2, 0) is 10.3 Å². The maximum atomic E-state index is 6.00. The number of rotatable bonds is 1. The summed E-state index contributed by atoms with van der Waals surface area (Å²) in [5.74, 6) is 0.586. The lowest BCUT2D eigenvalue weighted by atomic mass is 9.95. The summed E-state index contributed by atoms with van der Waals surface area (Å²) < 4.78 is 6.44. The van der Waals surface area contributed by atoms with Crippen LogP contribution in [0.5, 0.6) is 0 Å². The van der Waals surface area contributed by atoms with E-state index in [9.17, 15) is 0 Å². The number of ether oxygens (including phenoxy) is 1. The molecule has 88 valence electrons. The summed E-state index contributed by atoms with van der Waals surface area (Å²) >= 11 is 14.0. The molecular weight excluding hydrogens is 362 g/mol. The van der Waals surface area contributed by atoms with Crippen molar-refractivity contribution in [1.82, 2.24) is 9.97 Å². The minimum Gasteiger partial charge on any atom is -0.367 e. The Morgan fingerprint density at radius 1 is 1.25 bits per heavy atom. The quantitative estimate of drug-likeness (QED) is 0.555. The Morgan fingerprint density at radius 2 is 1.88 bits per heavy atom. The Kier molecular flexibility index (Phi) is 3.93. The van der Waals surface area contributed by atoms with Gasteiger partial charge in [0.15, 0.2) is 5.82 Å². The van der Waals surface area contributed by atoms with Gasteiger partial charge in [-0.15, -0.1) is 0 Å². The third kappa shape index (κ3) is 2.44. The molecule has 1 aliphatic heterocycles. The topological polar surface area (TPSA) is 35.0 Å². The predicted molar refractivity (Wildman–Crippen MR) is 71.9 cm³/mol. The summed E-state index contributed by atoms with van der Waals surface area (Å²) in [6, 6.07) is 0. The van der Waals surface area contributed by atoms with Crippen molar-refractivity contribution < 1.29 is 4.74 Å². The molecule has 1 fully saturated rings. The summed E-state index contributed by atoms with van der Waals surface area (Å²) in [6.07, 6.45) is 3.10. The van der Waals surface area contributed by atoms with E-state index in [1.165, 1.54) is 0 Å². The third-order valence-electron chi connectivity index (χ3n) is 2.71. The molecule has 0 bridgehead atoms. The average Bonchev–Trinajstić information content (AvgIpc) is 2.26. The smallest absolute Gasteiger partial charge is 0.163 e. The molecule has 0 aromatic carbocycles. The molecule has 1 saturated heterocycles. The minimum absolute atomic E-state index is 0.394. The first-order valence-corrected chi connectivity index (χ1v) is 6.89. The average molecular weight is 373 g/mol. The van der Waals surface area contributed by atoms with Gasteiger partial charge in [-0.2, -0.15) is 0 Å². The van der Waals surface area contributed by atoms with E-state index in [2.05, 4.69) is 9.97 Å². The van der Waals surface area contributed by atoms with Crippen LogP contribution in [-0.4, -0.2) is 16.6 Å². The van der Waals surface area contributed by atoms with Crippen LogP contribution in [0, 0.1) is 3.57 Å². The standard InChI is InChI=1S/C10H11Cl2IN2O/c1-10(4-2-3-5-16-10)9-14-7(11)6(13)8(12)15-9/h2-5H2,1H3. The van der Waals surface area contributed by atoms with Crippen LogP contribution < -0.4 is 0 Å². The second-order valence-electron chi connectivity index (χ2n) is 3.98. The maximum absolute atomic E-state index is 6.00. The van der Waals surface area contributed by atoms with Gasteiger partial charge < -0.3 is 4.74 Å². The van der Waals surface area contributed by atoms with Gasteiger partial charge in [0, 0.05) is 6.61 Å². The zero-order valence-electron chi connectivity index (χ0n) is 8.76. The minimum atomic E-state index is -0.449. The lowest BCUT2D eigenvalue weighted by molar-refractivity contribution is -0.0760. The van der Waals surface area contributed by atoms with Crippen LogP contribution in [0.3, 0.4) is 0 Å². The van der Waals surface area contributed by atoms with Crippen molar-refractivity contribution in [2.75, 3.05) is 6.61 Å². The summed E-state index contributed by atoms with van der Waals surface area (Å²) in [6.45, 7) is 2.72. The largest absolute Gasteiger partial charge is 0.367 e. The lowest BCUT2D eigenvalue weighted by Gasteiger charge is -2.32. The Balaban J connectivity index is 2.39. The van der Waals surface area contributed by atoms with Crippen molar-refractivity contribution in [1.29, 1.82) is 0 Å². The molecule has 1 unspecified atom stereocenters. The third-order valence-corrected chi connectivity index (χ3v) is 4.92. The van der Waals surface area contributed by atoms with Gasteiger partial charge in [0.25, 0.3) is 0 Å². The zero-order chi connectivity index (χ0) is 11.8. The van der Waals surface area contributed by atoms with Crippen LogP contribution in [0.1, 0.15) is 32.0 Å². The molecule has 1 atom stereocenters. The van der Waals surface area contributed by atoms with Gasteiger partial charge >= 0.3 is 0 Å². The van der Waals surface area contributed by atoms with Gasteiger partial charge in [0.2, 0.25) is 0 Å². The van der Waals surface area contributed by atoms with E-state index in [0.29, 0.717) is 19.7 Å². The molecule has 6 heteroatoms. The van der Waals surface area contributed by atoms with E-state index in [4.69, 9.17) is 27.9 Å². The monoisotopic (exact) mass is 372 g/mol. The summed E-state index contributed by atoms with van der Waals surface area (Å²) in [5.41, 5.74) is -0.449. The Bertz CT molecular complexity index is 385. The highest BCUT2D eigenvalue weighted by Crippen LogP contribution is 2.35. The molecule has 0 N–H and O–H groups in total. The first-order valence-electron chi connectivity index (χ1n) is 5.06. The fraction of sp³-hybridized carbons (Fsp3) is 0.600. The van der Waals surface area contributed by atoms with E-state index < -0.39 is 5.60 Å². The SMILES string of the molecule is CC1(c2nc(Cl)c(I)c(Cl)n2)CCCCO1. The van der Waals surface area contributed by atoms with E-state index in [0.717, 1.165) is 25.9 Å². The summed E-state index contributed by atoms with van der Waals surface area (Å²) in [5, 5.41) is 0.789. The van der Waals surface area contributed by atoms with Gasteiger partial charge in [-0.3, -0.25) is 0 Å². The van der Waals surface area contributed by atoms with E-state index >= 15 is 0 Å². The van der Waals surface area contributed by atoms with Crippen molar-refractivity contribution in [2.45, 2.75) is 31.8 Å². The molecule has 2 rings (SSSR count). The maximum Gasteiger partial charge on any atom is 0.163 e. The molecule has 1 aromatic heterocycles. The van der Waals surface area contributed by atoms with Gasteiger partial charge in [0.05, 0.1) is 3.57 Å². The van der Waals surface area contributed by atoms with E-state index in [1.54, 1.807) is 0 Å². The molecule has 0 spiro atoms. The fourth-order valence-electron chi connectivity index (χ4n) is 1.74. The molecule has 0 saturated carbocycles. The van der Waals surface area contributed by atoms with Crippen LogP contribution in [0.4, 0.5) is 0 Å². The molecule has 3 nitrogen and oxygen atoms in total. The highest BCUT2D eigenvalue weighted by Gasteiger charge is 2.34. The van der Waals surface area contributed by atoms with Crippen molar-refractivity contribution in [3.8, 4) is 0 Å². The molecule has 0 aliphatic carbocycles. The van der Waals surface area contributed by atoms with Crippen LogP contribution in [0.15, 0.2) is 0 Å². The summed E-state index contributed by atoms with van der Waals surface area (Å²) in [4.78, 5) is 8.53. The second-order valence-corrected chi connectivity index (χ2v) is 5.77. The van der Waals surface area contributed by atoms with Gasteiger partial charge in [-0.25, -0.2) is 9.97 Å². The van der Waals surface area contributed by atoms with Gasteiger partial charge in [0.1, 0.15) is 15.9 Å².